The zero-order chi connectivity index (χ0) is 15.3. The summed E-state index contributed by atoms with van der Waals surface area (Å²) < 4.78 is 5.22. The molecule has 1 aromatic heterocycles. The Labute approximate surface area is 127 Å². The van der Waals surface area contributed by atoms with Crippen molar-refractivity contribution < 1.29 is 19.1 Å². The molecule has 2 aliphatic carbocycles. The summed E-state index contributed by atoms with van der Waals surface area (Å²) in [7, 11) is 0. The Balaban J connectivity index is 1.55. The van der Waals surface area contributed by atoms with E-state index in [0.29, 0.717) is 28.5 Å². The maximum absolute atomic E-state index is 12.5. The second-order valence-electron chi connectivity index (χ2n) is 6.36. The Morgan fingerprint density at radius 1 is 1.14 bits per heavy atom. The molecule has 0 saturated heterocycles. The Hall–Kier alpha value is -2.30. The third kappa shape index (κ3) is 2.47. The lowest BCUT2D eigenvalue weighted by Gasteiger charge is -2.15. The number of nitrogens with one attached hydrogen (secondary N) is 1. The standard InChI is InChI=1S/C17H17NO4/c19-16(15(9-1-2-9)10-3-4-10)18-12-5-6-13-11(7-12)8-14(22-13)17(20)21/h5-10,15H,1-4H2,(H,18,19)(H,20,21). The topological polar surface area (TPSA) is 79.5 Å². The highest BCUT2D eigenvalue weighted by molar-refractivity contribution is 5.97. The van der Waals surface area contributed by atoms with Gasteiger partial charge < -0.3 is 14.8 Å². The van der Waals surface area contributed by atoms with Gasteiger partial charge in [-0.1, -0.05) is 0 Å². The van der Waals surface area contributed by atoms with Crippen LogP contribution in [0.25, 0.3) is 11.0 Å². The first-order valence-corrected chi connectivity index (χ1v) is 7.69. The second-order valence-corrected chi connectivity index (χ2v) is 6.36. The van der Waals surface area contributed by atoms with E-state index in [2.05, 4.69) is 5.32 Å². The van der Waals surface area contributed by atoms with Gasteiger partial charge in [-0.25, -0.2) is 4.79 Å². The predicted molar refractivity (Wildman–Crippen MR) is 80.7 cm³/mol. The van der Waals surface area contributed by atoms with Crippen molar-refractivity contribution in [3.63, 3.8) is 0 Å². The van der Waals surface area contributed by atoms with Crippen molar-refractivity contribution in [1.82, 2.24) is 0 Å². The van der Waals surface area contributed by atoms with Gasteiger partial charge >= 0.3 is 5.97 Å². The van der Waals surface area contributed by atoms with Crippen molar-refractivity contribution in [3.05, 3.63) is 30.0 Å². The molecule has 0 radical (unpaired) electrons. The molecule has 0 atom stereocenters. The molecule has 1 heterocycles. The monoisotopic (exact) mass is 299 g/mol. The van der Waals surface area contributed by atoms with Crippen LogP contribution in [0, 0.1) is 17.8 Å². The number of benzene rings is 1. The van der Waals surface area contributed by atoms with E-state index in [4.69, 9.17) is 9.52 Å². The summed E-state index contributed by atoms with van der Waals surface area (Å²) in [5, 5.41) is 12.6. The fourth-order valence-corrected chi connectivity index (χ4v) is 3.18. The minimum Gasteiger partial charge on any atom is -0.475 e. The third-order valence-corrected chi connectivity index (χ3v) is 4.56. The average Bonchev–Trinajstić information content (AvgIpc) is 3.39. The SMILES string of the molecule is O=C(O)c1cc2cc(NC(=O)C(C3CC3)C3CC3)ccc2o1. The van der Waals surface area contributed by atoms with Crippen molar-refractivity contribution in [1.29, 1.82) is 0 Å². The molecule has 1 amide bonds. The van der Waals surface area contributed by atoms with E-state index in [1.807, 2.05) is 0 Å². The van der Waals surface area contributed by atoms with Crippen LogP contribution < -0.4 is 5.32 Å². The van der Waals surface area contributed by atoms with Crippen molar-refractivity contribution >= 4 is 28.5 Å². The van der Waals surface area contributed by atoms with E-state index < -0.39 is 5.97 Å². The number of fused-ring (bicyclic) bond motifs is 1. The molecule has 0 unspecified atom stereocenters. The summed E-state index contributed by atoms with van der Waals surface area (Å²) in [6.45, 7) is 0. The third-order valence-electron chi connectivity index (χ3n) is 4.56. The number of hydrogen-bond acceptors (Lipinski definition) is 3. The van der Waals surface area contributed by atoms with E-state index in [1.54, 1.807) is 18.2 Å². The van der Waals surface area contributed by atoms with Crippen LogP contribution >= 0.6 is 0 Å². The van der Waals surface area contributed by atoms with Gasteiger partial charge in [-0.15, -0.1) is 0 Å². The molecule has 2 saturated carbocycles. The molecule has 2 aromatic rings. The smallest absolute Gasteiger partial charge is 0.371 e. The molecule has 22 heavy (non-hydrogen) atoms. The molecular formula is C17H17NO4. The summed E-state index contributed by atoms with van der Waals surface area (Å²) >= 11 is 0. The van der Waals surface area contributed by atoms with Gasteiger partial charge in [-0.2, -0.15) is 0 Å². The van der Waals surface area contributed by atoms with Gasteiger partial charge in [-0.05, 0) is 61.8 Å². The number of carbonyl (C=O) groups excluding carboxylic acids is 1. The number of hydrogen-bond donors (Lipinski definition) is 2. The molecule has 0 spiro atoms. The summed E-state index contributed by atoms with van der Waals surface area (Å²) in [4.78, 5) is 23.4. The number of amides is 1. The highest BCUT2D eigenvalue weighted by Crippen LogP contribution is 2.49. The first-order chi connectivity index (χ1) is 10.6. The van der Waals surface area contributed by atoms with E-state index in [-0.39, 0.29) is 17.6 Å². The lowest BCUT2D eigenvalue weighted by atomic mass is 9.97. The van der Waals surface area contributed by atoms with Crippen LogP contribution in [0.5, 0.6) is 0 Å². The van der Waals surface area contributed by atoms with Gasteiger partial charge in [0.05, 0.1) is 0 Å². The number of carboxylic acids is 1. The zero-order valence-corrected chi connectivity index (χ0v) is 12.0. The highest BCUT2D eigenvalue weighted by Gasteiger charge is 2.45. The number of rotatable bonds is 5. The maximum Gasteiger partial charge on any atom is 0.371 e. The normalized spacial score (nSPS) is 17.9. The quantitative estimate of drug-likeness (QED) is 0.885. The summed E-state index contributed by atoms with van der Waals surface area (Å²) in [5.41, 5.74) is 1.21. The average molecular weight is 299 g/mol. The van der Waals surface area contributed by atoms with Gasteiger partial charge in [-0.3, -0.25) is 4.79 Å². The first-order valence-electron chi connectivity index (χ1n) is 7.69. The van der Waals surface area contributed by atoms with Gasteiger partial charge in [0.25, 0.3) is 0 Å². The Morgan fingerprint density at radius 3 is 2.41 bits per heavy atom. The number of aromatic carboxylic acids is 1. The van der Waals surface area contributed by atoms with Crippen LogP contribution in [0.3, 0.4) is 0 Å². The van der Waals surface area contributed by atoms with Crippen molar-refractivity contribution in [2.24, 2.45) is 17.8 Å². The fourth-order valence-electron chi connectivity index (χ4n) is 3.18. The van der Waals surface area contributed by atoms with Crippen LogP contribution in [0.2, 0.25) is 0 Å². The molecule has 5 nitrogen and oxygen atoms in total. The lowest BCUT2D eigenvalue weighted by molar-refractivity contribution is -0.121. The second kappa shape index (κ2) is 4.87. The minimum atomic E-state index is -1.09. The molecule has 114 valence electrons. The predicted octanol–water partition coefficient (Wildman–Crippen LogP) is 3.51. The minimum absolute atomic E-state index is 0.0905. The van der Waals surface area contributed by atoms with Crippen molar-refractivity contribution in [2.45, 2.75) is 25.7 Å². The number of furan rings is 1. The Morgan fingerprint density at radius 2 is 1.82 bits per heavy atom. The summed E-state index contributed by atoms with van der Waals surface area (Å²) in [6, 6.07) is 6.69. The fraction of sp³-hybridized carbons (Fsp3) is 0.412. The largest absolute Gasteiger partial charge is 0.475 e. The zero-order valence-electron chi connectivity index (χ0n) is 12.0. The summed E-state index contributed by atoms with van der Waals surface area (Å²) in [5.74, 6) is 0.185. The van der Waals surface area contributed by atoms with Crippen molar-refractivity contribution in [3.8, 4) is 0 Å². The molecule has 2 aliphatic rings. The molecule has 0 bridgehead atoms. The molecule has 0 aliphatic heterocycles. The molecule has 1 aromatic carbocycles. The molecule has 2 fully saturated rings. The summed E-state index contributed by atoms with van der Waals surface area (Å²) in [6.07, 6.45) is 4.66. The Bertz CT molecular complexity index is 743. The van der Waals surface area contributed by atoms with E-state index in [9.17, 15) is 9.59 Å². The molecular weight excluding hydrogens is 282 g/mol. The number of anilines is 1. The highest BCUT2D eigenvalue weighted by atomic mass is 16.4. The van der Waals surface area contributed by atoms with Gasteiger partial charge in [0.15, 0.2) is 0 Å². The van der Waals surface area contributed by atoms with Gasteiger partial charge in [0.2, 0.25) is 11.7 Å². The number of carbonyl (C=O) groups is 2. The number of carboxylic acid groups (broad SMARTS) is 1. The lowest BCUT2D eigenvalue weighted by Crippen LogP contribution is -2.26. The maximum atomic E-state index is 12.5. The van der Waals surface area contributed by atoms with Gasteiger partial charge in [0.1, 0.15) is 5.58 Å². The molecule has 5 heteroatoms. The van der Waals surface area contributed by atoms with Gasteiger partial charge in [0, 0.05) is 17.0 Å². The van der Waals surface area contributed by atoms with E-state index in [0.717, 1.165) is 25.7 Å². The molecule has 4 rings (SSSR count). The van der Waals surface area contributed by atoms with Crippen molar-refractivity contribution in [2.75, 3.05) is 5.32 Å². The van der Waals surface area contributed by atoms with E-state index in [1.165, 1.54) is 6.07 Å². The van der Waals surface area contributed by atoms with Crippen LogP contribution in [0.4, 0.5) is 5.69 Å². The van der Waals surface area contributed by atoms with Crippen LogP contribution in [0.1, 0.15) is 36.2 Å². The first kappa shape index (κ1) is 13.4. The van der Waals surface area contributed by atoms with Crippen LogP contribution in [0.15, 0.2) is 28.7 Å². The van der Waals surface area contributed by atoms with Crippen LogP contribution in [-0.2, 0) is 4.79 Å². The molecule has 2 N–H and O–H groups in total. The van der Waals surface area contributed by atoms with E-state index >= 15 is 0 Å². The Kier molecular flexibility index (Phi) is 2.96. The van der Waals surface area contributed by atoms with Crippen LogP contribution in [-0.4, -0.2) is 17.0 Å².